The highest BCUT2D eigenvalue weighted by atomic mass is 16.6. The Morgan fingerprint density at radius 1 is 1.17 bits per heavy atom. The van der Waals surface area contributed by atoms with Crippen LogP contribution in [0.2, 0.25) is 0 Å². The van der Waals surface area contributed by atoms with Crippen molar-refractivity contribution in [3.05, 3.63) is 48.1 Å². The summed E-state index contributed by atoms with van der Waals surface area (Å²) in [6.45, 7) is 18.0. The molecule has 0 unspecified atom stereocenters. The van der Waals surface area contributed by atoms with Crippen LogP contribution < -0.4 is 0 Å². The number of esters is 3. The van der Waals surface area contributed by atoms with Crippen LogP contribution in [0.1, 0.15) is 40.5 Å². The minimum absolute atomic E-state index is 0.197. The first-order chi connectivity index (χ1) is 13.9. The van der Waals surface area contributed by atoms with Gasteiger partial charge in [0.15, 0.2) is 0 Å². The highest BCUT2D eigenvalue weighted by molar-refractivity contribution is 5.92. The van der Waals surface area contributed by atoms with Crippen molar-refractivity contribution in [1.82, 2.24) is 0 Å². The minimum Gasteiger partial charge on any atom is -0.458 e. The van der Waals surface area contributed by atoms with Crippen LogP contribution in [0.4, 0.5) is 0 Å². The zero-order valence-corrected chi connectivity index (χ0v) is 17.9. The molecule has 3 rings (SSSR count). The lowest BCUT2D eigenvalue weighted by atomic mass is 9.82. The lowest BCUT2D eigenvalue weighted by Crippen LogP contribution is -2.38. The molecule has 0 radical (unpaired) electrons. The maximum Gasteiger partial charge on any atom is 0.334 e. The van der Waals surface area contributed by atoms with Crippen LogP contribution in [0.5, 0.6) is 0 Å². The third-order valence-corrected chi connectivity index (χ3v) is 5.87. The second kappa shape index (κ2) is 7.87. The molecular formula is C23H28O7. The molecule has 30 heavy (non-hydrogen) atoms. The lowest BCUT2D eigenvalue weighted by molar-refractivity contribution is -0.149. The van der Waals surface area contributed by atoms with Crippen LogP contribution in [0.3, 0.4) is 0 Å². The lowest BCUT2D eigenvalue weighted by Gasteiger charge is -2.29. The third-order valence-electron chi connectivity index (χ3n) is 5.87. The van der Waals surface area contributed by atoms with Crippen LogP contribution in [0, 0.1) is 5.92 Å². The Kier molecular flexibility index (Phi) is 5.78. The predicted octanol–water partition coefficient (Wildman–Crippen LogP) is 2.96. The molecule has 2 saturated heterocycles. The highest BCUT2D eigenvalue weighted by Crippen LogP contribution is 2.48. The number of hydrogen-bond acceptors (Lipinski definition) is 7. The van der Waals surface area contributed by atoms with Crippen LogP contribution in [0.25, 0.3) is 0 Å². The molecule has 7 nitrogen and oxygen atoms in total. The van der Waals surface area contributed by atoms with Crippen LogP contribution in [0.15, 0.2) is 48.1 Å². The Balaban J connectivity index is 1.98. The summed E-state index contributed by atoms with van der Waals surface area (Å²) in [6, 6.07) is 0. The molecule has 0 N–H and O–H groups in total. The van der Waals surface area contributed by atoms with Gasteiger partial charge in [0, 0.05) is 29.6 Å². The van der Waals surface area contributed by atoms with E-state index >= 15 is 0 Å². The summed E-state index contributed by atoms with van der Waals surface area (Å²) < 4.78 is 22.8. The second-order valence-corrected chi connectivity index (χ2v) is 8.59. The molecule has 0 aromatic heterocycles. The zero-order chi connectivity index (χ0) is 22.4. The molecule has 0 saturated carbocycles. The van der Waals surface area contributed by atoms with Crippen LogP contribution in [-0.4, -0.2) is 47.9 Å². The van der Waals surface area contributed by atoms with E-state index < -0.39 is 47.7 Å². The summed E-state index contributed by atoms with van der Waals surface area (Å²) >= 11 is 0. The van der Waals surface area contributed by atoms with Crippen molar-refractivity contribution in [3.63, 3.8) is 0 Å². The number of carbonyl (C=O) groups is 3. The van der Waals surface area contributed by atoms with E-state index in [1.807, 2.05) is 6.92 Å². The van der Waals surface area contributed by atoms with E-state index in [1.165, 1.54) is 0 Å². The van der Waals surface area contributed by atoms with Gasteiger partial charge in [-0.05, 0) is 39.3 Å². The summed E-state index contributed by atoms with van der Waals surface area (Å²) in [4.78, 5) is 36.7. The first kappa shape index (κ1) is 22.0. The number of hydrogen-bond donors (Lipinski definition) is 0. The molecule has 2 heterocycles. The van der Waals surface area contributed by atoms with Gasteiger partial charge in [0.05, 0.1) is 17.6 Å². The molecule has 2 aliphatic heterocycles. The summed E-state index contributed by atoms with van der Waals surface area (Å²) in [7, 11) is 0. The number of carbonyl (C=O) groups excluding carboxylic acids is 3. The second-order valence-electron chi connectivity index (χ2n) is 8.59. The van der Waals surface area contributed by atoms with Gasteiger partial charge < -0.3 is 18.9 Å². The van der Waals surface area contributed by atoms with Gasteiger partial charge in [-0.15, -0.1) is 0 Å². The van der Waals surface area contributed by atoms with Crippen molar-refractivity contribution in [1.29, 1.82) is 0 Å². The van der Waals surface area contributed by atoms with Crippen molar-refractivity contribution in [2.24, 2.45) is 5.92 Å². The van der Waals surface area contributed by atoms with Gasteiger partial charge in [-0.3, -0.25) is 0 Å². The Morgan fingerprint density at radius 3 is 2.37 bits per heavy atom. The first-order valence-corrected chi connectivity index (χ1v) is 9.92. The fraction of sp³-hybridized carbons (Fsp3) is 0.522. The summed E-state index contributed by atoms with van der Waals surface area (Å²) in [5.41, 5.74) is 0.912. The minimum atomic E-state index is -0.696. The molecule has 0 amide bonds. The Morgan fingerprint density at radius 2 is 1.77 bits per heavy atom. The maximum atomic E-state index is 12.3. The molecule has 6 atom stereocenters. The van der Waals surface area contributed by atoms with Crippen molar-refractivity contribution >= 4 is 17.9 Å². The van der Waals surface area contributed by atoms with Gasteiger partial charge in [0.2, 0.25) is 0 Å². The molecule has 3 aliphatic rings. The average molecular weight is 416 g/mol. The smallest absolute Gasteiger partial charge is 0.334 e. The van der Waals surface area contributed by atoms with Crippen LogP contribution in [-0.2, 0) is 33.3 Å². The molecule has 0 spiro atoms. The van der Waals surface area contributed by atoms with Crippen molar-refractivity contribution in [3.8, 4) is 0 Å². The normalized spacial score (nSPS) is 35.2. The molecule has 7 heteroatoms. The van der Waals surface area contributed by atoms with E-state index in [2.05, 4.69) is 19.7 Å². The zero-order valence-electron chi connectivity index (χ0n) is 17.9. The van der Waals surface area contributed by atoms with E-state index in [1.54, 1.807) is 26.8 Å². The van der Waals surface area contributed by atoms with Gasteiger partial charge >= 0.3 is 17.9 Å². The largest absolute Gasteiger partial charge is 0.458 e. The van der Waals surface area contributed by atoms with Crippen molar-refractivity contribution in [2.45, 2.75) is 70.6 Å². The van der Waals surface area contributed by atoms with Crippen molar-refractivity contribution in [2.75, 3.05) is 0 Å². The molecule has 0 bridgehead atoms. The molecular weight excluding hydrogens is 388 g/mol. The Labute approximate surface area is 176 Å². The van der Waals surface area contributed by atoms with Crippen molar-refractivity contribution < 1.29 is 33.3 Å². The standard InChI is InChI=1S/C23H28O7/c1-11(2)20(24)27-15-9-18-23(7,30-18)10-17(29-21(25)12(3)4)19-14(6)22(26)28-16(19)8-13(15)5/h8,15-19H,1,3,6,9-10H2,2,4-5,7H3/t15-,16+,17+,18+,19-,23+/m0/s1. The Bertz CT molecular complexity index is 867. The molecule has 0 aromatic carbocycles. The number of rotatable bonds is 4. The van der Waals surface area contributed by atoms with E-state index in [0.717, 1.165) is 0 Å². The van der Waals surface area contributed by atoms with Gasteiger partial charge in [-0.2, -0.15) is 0 Å². The van der Waals surface area contributed by atoms with Gasteiger partial charge in [0.1, 0.15) is 18.3 Å². The molecule has 1 aliphatic carbocycles. The predicted molar refractivity (Wildman–Crippen MR) is 108 cm³/mol. The highest BCUT2D eigenvalue weighted by Gasteiger charge is 2.58. The maximum absolute atomic E-state index is 12.3. The quantitative estimate of drug-likeness (QED) is 0.229. The van der Waals surface area contributed by atoms with E-state index in [4.69, 9.17) is 18.9 Å². The number of epoxide rings is 1. The van der Waals surface area contributed by atoms with Gasteiger partial charge in [0.25, 0.3) is 0 Å². The number of ether oxygens (including phenoxy) is 4. The fourth-order valence-electron chi connectivity index (χ4n) is 3.95. The van der Waals surface area contributed by atoms with Gasteiger partial charge in [-0.1, -0.05) is 19.7 Å². The van der Waals surface area contributed by atoms with Crippen LogP contribution >= 0.6 is 0 Å². The first-order valence-electron chi connectivity index (χ1n) is 9.92. The topological polar surface area (TPSA) is 91.4 Å². The fourth-order valence-corrected chi connectivity index (χ4v) is 3.95. The number of fused-ring (bicyclic) bond motifs is 2. The van der Waals surface area contributed by atoms with Gasteiger partial charge in [-0.25, -0.2) is 14.4 Å². The molecule has 0 aromatic rings. The molecule has 162 valence electrons. The SMILES string of the molecule is C=C(C)C(=O)O[C@H]1C[C@H]2O[C@]2(C)C[C@@H](OC(=O)C(=C)C)[C@H]2C(=C)C(=O)O[C@@H]2C=C1C. The average Bonchev–Trinajstić information content (AvgIpc) is 3.18. The molecule has 2 fully saturated rings. The Hall–Kier alpha value is -2.67. The summed E-state index contributed by atoms with van der Waals surface area (Å²) in [5.74, 6) is -2.16. The summed E-state index contributed by atoms with van der Waals surface area (Å²) in [5, 5.41) is 0. The monoisotopic (exact) mass is 416 g/mol. The summed E-state index contributed by atoms with van der Waals surface area (Å²) in [6.07, 6.45) is 0.405. The van der Waals surface area contributed by atoms with E-state index in [0.29, 0.717) is 24.0 Å². The third kappa shape index (κ3) is 4.26. The van der Waals surface area contributed by atoms with E-state index in [-0.39, 0.29) is 17.3 Å². The van der Waals surface area contributed by atoms with E-state index in [9.17, 15) is 14.4 Å².